The smallest absolute Gasteiger partial charge is 0.270 e. The Morgan fingerprint density at radius 3 is 2.96 bits per heavy atom. The number of aromatic nitrogens is 4. The van der Waals surface area contributed by atoms with Crippen LogP contribution in [0.2, 0.25) is 0 Å². The molecule has 1 N–H and O–H groups in total. The van der Waals surface area contributed by atoms with Gasteiger partial charge in [0.25, 0.3) is 11.5 Å². The standard InChI is InChI=1S/C18H24N6O2/c1-12(2)17-19-6-4-15(22-17)18(26)20-9-13-5-7-24(11-13)14-8-16(25)23(3)21-10-14/h4,6,8,10,12-13H,5,7,9,11H2,1-3H3,(H,20,26). The molecule has 8 heteroatoms. The number of hydrogen-bond acceptors (Lipinski definition) is 6. The average molecular weight is 356 g/mol. The van der Waals surface area contributed by atoms with Gasteiger partial charge in [0, 0.05) is 44.9 Å². The van der Waals surface area contributed by atoms with E-state index >= 15 is 0 Å². The summed E-state index contributed by atoms with van der Waals surface area (Å²) in [7, 11) is 1.63. The summed E-state index contributed by atoms with van der Waals surface area (Å²) in [5.74, 6) is 0.999. The second-order valence-electron chi connectivity index (χ2n) is 6.94. The van der Waals surface area contributed by atoms with Crippen molar-refractivity contribution in [1.29, 1.82) is 0 Å². The first kappa shape index (κ1) is 18.0. The van der Waals surface area contributed by atoms with Gasteiger partial charge in [-0.05, 0) is 18.4 Å². The summed E-state index contributed by atoms with van der Waals surface area (Å²) in [6.07, 6.45) is 4.28. The molecule has 138 valence electrons. The molecule has 1 amide bonds. The highest BCUT2D eigenvalue weighted by atomic mass is 16.2. The number of nitrogens with one attached hydrogen (secondary N) is 1. The lowest BCUT2D eigenvalue weighted by atomic mass is 10.1. The minimum atomic E-state index is -0.178. The first-order valence-electron chi connectivity index (χ1n) is 8.83. The maximum Gasteiger partial charge on any atom is 0.270 e. The minimum Gasteiger partial charge on any atom is -0.370 e. The Kier molecular flexibility index (Phi) is 5.29. The van der Waals surface area contributed by atoms with Crippen LogP contribution in [0.25, 0.3) is 0 Å². The summed E-state index contributed by atoms with van der Waals surface area (Å²) in [6, 6.07) is 3.23. The van der Waals surface area contributed by atoms with Gasteiger partial charge in [-0.15, -0.1) is 0 Å². The van der Waals surface area contributed by atoms with E-state index in [1.54, 1.807) is 31.6 Å². The molecular formula is C18H24N6O2. The molecule has 1 aliphatic heterocycles. The Morgan fingerprint density at radius 2 is 2.23 bits per heavy atom. The highest BCUT2D eigenvalue weighted by Gasteiger charge is 2.24. The van der Waals surface area contributed by atoms with Gasteiger partial charge in [-0.25, -0.2) is 14.6 Å². The van der Waals surface area contributed by atoms with Crippen molar-refractivity contribution in [3.05, 3.63) is 46.4 Å². The van der Waals surface area contributed by atoms with Crippen LogP contribution in [0.15, 0.2) is 29.3 Å². The molecule has 2 aromatic rings. The Bertz CT molecular complexity index is 848. The number of anilines is 1. The number of hydrogen-bond donors (Lipinski definition) is 1. The first-order valence-corrected chi connectivity index (χ1v) is 8.83. The number of aryl methyl sites for hydroxylation is 1. The summed E-state index contributed by atoms with van der Waals surface area (Å²) >= 11 is 0. The van der Waals surface area contributed by atoms with Crippen molar-refractivity contribution < 1.29 is 4.79 Å². The number of rotatable bonds is 5. The second kappa shape index (κ2) is 7.63. The van der Waals surface area contributed by atoms with Crippen LogP contribution in [0.3, 0.4) is 0 Å². The fourth-order valence-corrected chi connectivity index (χ4v) is 2.97. The van der Waals surface area contributed by atoms with E-state index in [4.69, 9.17) is 0 Å². The van der Waals surface area contributed by atoms with Crippen LogP contribution in [-0.2, 0) is 7.05 Å². The van der Waals surface area contributed by atoms with Crippen LogP contribution >= 0.6 is 0 Å². The van der Waals surface area contributed by atoms with E-state index in [9.17, 15) is 9.59 Å². The predicted octanol–water partition coefficient (Wildman–Crippen LogP) is 0.950. The van der Waals surface area contributed by atoms with Gasteiger partial charge >= 0.3 is 0 Å². The zero-order valence-electron chi connectivity index (χ0n) is 15.3. The molecule has 1 unspecified atom stereocenters. The SMILES string of the molecule is CC(C)c1nccc(C(=O)NCC2CCN(c3cnn(C)c(=O)c3)C2)n1. The zero-order valence-corrected chi connectivity index (χ0v) is 15.3. The highest BCUT2D eigenvalue weighted by Crippen LogP contribution is 2.21. The Morgan fingerprint density at radius 1 is 1.42 bits per heavy atom. The van der Waals surface area contributed by atoms with Crippen LogP contribution in [0.1, 0.15) is 42.5 Å². The summed E-state index contributed by atoms with van der Waals surface area (Å²) in [6.45, 7) is 6.21. The fraction of sp³-hybridized carbons (Fsp3) is 0.500. The Labute approximate surface area is 152 Å². The van der Waals surface area contributed by atoms with Gasteiger partial charge < -0.3 is 10.2 Å². The van der Waals surface area contributed by atoms with Gasteiger partial charge in [-0.2, -0.15) is 5.10 Å². The molecular weight excluding hydrogens is 332 g/mol. The van der Waals surface area contributed by atoms with Gasteiger partial charge in [0.2, 0.25) is 0 Å². The normalized spacial score (nSPS) is 16.9. The van der Waals surface area contributed by atoms with Crippen molar-refractivity contribution >= 4 is 11.6 Å². The molecule has 1 aliphatic rings. The first-order chi connectivity index (χ1) is 12.4. The van der Waals surface area contributed by atoms with E-state index in [0.717, 1.165) is 25.2 Å². The Balaban J connectivity index is 1.56. The summed E-state index contributed by atoms with van der Waals surface area (Å²) in [5, 5.41) is 7.03. The van der Waals surface area contributed by atoms with Crippen molar-refractivity contribution in [2.45, 2.75) is 26.2 Å². The molecule has 1 saturated heterocycles. The molecule has 3 rings (SSSR count). The van der Waals surface area contributed by atoms with E-state index in [2.05, 4.69) is 25.3 Å². The minimum absolute atomic E-state index is 0.121. The lowest BCUT2D eigenvalue weighted by molar-refractivity contribution is 0.0942. The summed E-state index contributed by atoms with van der Waals surface area (Å²) in [4.78, 5) is 34.7. The maximum absolute atomic E-state index is 12.3. The van der Waals surface area contributed by atoms with E-state index < -0.39 is 0 Å². The monoisotopic (exact) mass is 356 g/mol. The highest BCUT2D eigenvalue weighted by molar-refractivity contribution is 5.92. The van der Waals surface area contributed by atoms with Crippen LogP contribution in [-0.4, -0.2) is 45.3 Å². The van der Waals surface area contributed by atoms with Gasteiger partial charge in [-0.1, -0.05) is 13.8 Å². The lowest BCUT2D eigenvalue weighted by Crippen LogP contribution is -2.32. The third-order valence-corrected chi connectivity index (χ3v) is 4.58. The van der Waals surface area contributed by atoms with E-state index in [-0.39, 0.29) is 17.4 Å². The van der Waals surface area contributed by atoms with Crippen LogP contribution in [0.5, 0.6) is 0 Å². The van der Waals surface area contributed by atoms with E-state index in [1.807, 2.05) is 13.8 Å². The van der Waals surface area contributed by atoms with Crippen molar-refractivity contribution in [2.24, 2.45) is 13.0 Å². The van der Waals surface area contributed by atoms with Crippen LogP contribution < -0.4 is 15.8 Å². The van der Waals surface area contributed by atoms with Gasteiger partial charge in [-0.3, -0.25) is 9.59 Å². The van der Waals surface area contributed by atoms with Gasteiger partial charge in [0.15, 0.2) is 0 Å². The van der Waals surface area contributed by atoms with E-state index in [0.29, 0.717) is 24.0 Å². The fourth-order valence-electron chi connectivity index (χ4n) is 2.97. The molecule has 8 nitrogen and oxygen atoms in total. The summed E-state index contributed by atoms with van der Waals surface area (Å²) in [5.41, 5.74) is 1.11. The van der Waals surface area contributed by atoms with E-state index in [1.165, 1.54) is 4.68 Å². The van der Waals surface area contributed by atoms with Crippen molar-refractivity contribution in [3.63, 3.8) is 0 Å². The molecule has 3 heterocycles. The predicted molar refractivity (Wildman–Crippen MR) is 98.3 cm³/mol. The summed E-state index contributed by atoms with van der Waals surface area (Å²) < 4.78 is 1.31. The average Bonchev–Trinajstić information content (AvgIpc) is 3.11. The number of amides is 1. The molecule has 0 aliphatic carbocycles. The molecule has 1 fully saturated rings. The zero-order chi connectivity index (χ0) is 18.7. The molecule has 0 saturated carbocycles. The molecule has 1 atom stereocenters. The van der Waals surface area contributed by atoms with Gasteiger partial charge in [0.1, 0.15) is 11.5 Å². The second-order valence-corrected chi connectivity index (χ2v) is 6.94. The lowest BCUT2D eigenvalue weighted by Gasteiger charge is -2.18. The number of nitrogens with zero attached hydrogens (tertiary/aromatic N) is 5. The van der Waals surface area contributed by atoms with Crippen LogP contribution in [0, 0.1) is 5.92 Å². The Hall–Kier alpha value is -2.77. The van der Waals surface area contributed by atoms with Crippen LogP contribution in [0.4, 0.5) is 5.69 Å². The molecule has 2 aromatic heterocycles. The van der Waals surface area contributed by atoms with Gasteiger partial charge in [0.05, 0.1) is 11.9 Å². The molecule has 0 spiro atoms. The maximum atomic E-state index is 12.3. The topological polar surface area (TPSA) is 93.0 Å². The number of carbonyl (C=O) groups excluding carboxylic acids is 1. The number of carbonyl (C=O) groups is 1. The quantitative estimate of drug-likeness (QED) is 0.857. The molecule has 26 heavy (non-hydrogen) atoms. The molecule has 0 radical (unpaired) electrons. The van der Waals surface area contributed by atoms with Crippen molar-refractivity contribution in [3.8, 4) is 0 Å². The molecule has 0 bridgehead atoms. The third kappa shape index (κ3) is 4.07. The third-order valence-electron chi connectivity index (χ3n) is 4.58. The van der Waals surface area contributed by atoms with Crippen molar-refractivity contribution in [1.82, 2.24) is 25.1 Å². The largest absolute Gasteiger partial charge is 0.370 e. The van der Waals surface area contributed by atoms with Crippen molar-refractivity contribution in [2.75, 3.05) is 24.5 Å². The molecule has 0 aromatic carbocycles.